The van der Waals surface area contributed by atoms with Crippen LogP contribution in [0.15, 0.2) is 98.3 Å². The first kappa shape index (κ1) is 27.9. The number of halogens is 1. The smallest absolute Gasteiger partial charge is 0.338 e. The molecule has 4 aromatic rings. The number of hydrogen-bond acceptors (Lipinski definition) is 7. The van der Waals surface area contributed by atoms with Crippen molar-refractivity contribution in [3.8, 4) is 5.75 Å². The number of aromatic nitrogens is 1. The summed E-state index contributed by atoms with van der Waals surface area (Å²) in [6.07, 6.45) is 0. The van der Waals surface area contributed by atoms with Crippen molar-refractivity contribution in [2.45, 2.75) is 26.4 Å². The Morgan fingerprint density at radius 1 is 1.05 bits per heavy atom. The Morgan fingerprint density at radius 2 is 1.79 bits per heavy atom. The molecule has 2 aliphatic heterocycles. The molecule has 0 radical (unpaired) electrons. The van der Waals surface area contributed by atoms with Crippen LogP contribution in [0.1, 0.15) is 36.6 Å². The molecule has 0 unspecified atom stereocenters. The number of carbonyl (C=O) groups is 2. The Morgan fingerprint density at radius 3 is 2.48 bits per heavy atom. The summed E-state index contributed by atoms with van der Waals surface area (Å²) in [5.74, 6) is -0.165. The van der Waals surface area contributed by atoms with Gasteiger partial charge in [0, 0.05) is 10.0 Å². The normalized spacial score (nSPS) is 17.1. The number of rotatable bonds is 6. The molecule has 0 N–H and O–H groups in total. The van der Waals surface area contributed by atoms with Crippen molar-refractivity contribution in [2.75, 3.05) is 18.6 Å². The average molecular weight is 645 g/mol. The van der Waals surface area contributed by atoms with E-state index in [1.54, 1.807) is 38.0 Å². The topological polar surface area (TPSA) is 90.2 Å². The summed E-state index contributed by atoms with van der Waals surface area (Å²) >= 11 is 4.69. The molecular weight excluding hydrogens is 618 g/mol. The van der Waals surface area contributed by atoms with Crippen LogP contribution in [0, 0.1) is 0 Å². The summed E-state index contributed by atoms with van der Waals surface area (Å²) in [6.45, 7) is 4.00. The fraction of sp³-hybridized carbons (Fsp3) is 0.188. The van der Waals surface area contributed by atoms with Crippen LogP contribution >= 0.6 is 27.3 Å². The first-order valence-corrected chi connectivity index (χ1v) is 14.9. The van der Waals surface area contributed by atoms with Crippen LogP contribution in [0.3, 0.4) is 0 Å². The van der Waals surface area contributed by atoms with Crippen LogP contribution in [0.4, 0.5) is 5.69 Å². The zero-order valence-electron chi connectivity index (χ0n) is 23.1. The Labute approximate surface area is 254 Å². The Hall–Kier alpha value is -4.28. The zero-order valence-corrected chi connectivity index (χ0v) is 25.5. The fourth-order valence-electron chi connectivity index (χ4n) is 5.39. The lowest BCUT2D eigenvalue weighted by Gasteiger charge is -2.24. The number of esters is 1. The second-order valence-corrected chi connectivity index (χ2v) is 11.7. The van der Waals surface area contributed by atoms with Crippen LogP contribution in [0.25, 0.3) is 5.57 Å². The maximum Gasteiger partial charge on any atom is 0.338 e. The van der Waals surface area contributed by atoms with E-state index >= 15 is 0 Å². The third-order valence-corrected chi connectivity index (χ3v) is 8.86. The molecule has 1 aromatic heterocycles. The second kappa shape index (κ2) is 11.2. The van der Waals surface area contributed by atoms with Gasteiger partial charge in [0.1, 0.15) is 10.3 Å². The molecule has 0 spiro atoms. The molecule has 3 heterocycles. The lowest BCUT2D eigenvalue weighted by Crippen LogP contribution is -2.41. The first-order chi connectivity index (χ1) is 20.3. The van der Waals surface area contributed by atoms with Gasteiger partial charge in [-0.15, -0.1) is 0 Å². The number of benzene rings is 3. The van der Waals surface area contributed by atoms with Crippen LogP contribution in [0.2, 0.25) is 0 Å². The van der Waals surface area contributed by atoms with E-state index in [2.05, 4.69) is 20.9 Å². The largest absolute Gasteiger partial charge is 0.497 e. The van der Waals surface area contributed by atoms with Gasteiger partial charge >= 0.3 is 5.97 Å². The van der Waals surface area contributed by atoms with Gasteiger partial charge < -0.3 is 14.4 Å². The summed E-state index contributed by atoms with van der Waals surface area (Å²) < 4.78 is 13.3. The minimum absolute atomic E-state index is 0.178. The van der Waals surface area contributed by atoms with Crippen LogP contribution in [-0.4, -0.2) is 30.2 Å². The lowest BCUT2D eigenvalue weighted by molar-refractivity contribution is -0.139. The maximum absolute atomic E-state index is 14.4. The van der Waals surface area contributed by atoms with Crippen molar-refractivity contribution in [1.82, 2.24) is 4.57 Å². The number of amides is 1. The fourth-order valence-corrected chi connectivity index (χ4v) is 6.89. The number of thiazole rings is 1. The Balaban J connectivity index is 1.59. The average Bonchev–Trinajstić information content (AvgIpc) is 3.44. The van der Waals surface area contributed by atoms with Crippen LogP contribution in [0.5, 0.6) is 5.75 Å². The van der Waals surface area contributed by atoms with Crippen molar-refractivity contribution in [1.29, 1.82) is 0 Å². The summed E-state index contributed by atoms with van der Waals surface area (Å²) in [5.41, 5.74) is 3.70. The number of fused-ring (bicyclic) bond motifs is 2. The molecule has 8 nitrogen and oxygen atoms in total. The van der Waals surface area contributed by atoms with E-state index in [9.17, 15) is 14.4 Å². The highest BCUT2D eigenvalue weighted by Crippen LogP contribution is 2.38. The van der Waals surface area contributed by atoms with E-state index in [0.29, 0.717) is 39.5 Å². The predicted octanol–water partition coefficient (Wildman–Crippen LogP) is 4.49. The number of hydrogen-bond donors (Lipinski definition) is 0. The first-order valence-electron chi connectivity index (χ1n) is 13.3. The Bertz CT molecular complexity index is 1940. The number of allylic oxidation sites excluding steroid dienone is 1. The third-order valence-electron chi connectivity index (χ3n) is 7.31. The standard InChI is InChI=1S/C32H26BrN3O5S/c1-4-41-31(39)25-18(2)34-32-36(27(25)20-10-13-22(40-3)14-11-20)30(38)28(42-32)26-23-16-21(33)12-15-24(23)35(29(26)37)17-19-8-6-5-7-9-19/h5-16,27H,4,17H2,1-3H3/b28-26-/t27-/m1/s1. The van der Waals surface area contributed by atoms with Crippen molar-refractivity contribution in [2.24, 2.45) is 4.99 Å². The van der Waals surface area contributed by atoms with Gasteiger partial charge in [-0.3, -0.25) is 14.2 Å². The summed E-state index contributed by atoms with van der Waals surface area (Å²) in [7, 11) is 1.57. The van der Waals surface area contributed by atoms with Gasteiger partial charge in [-0.25, -0.2) is 9.79 Å². The molecule has 10 heteroatoms. The molecule has 0 saturated heterocycles. The van der Waals surface area contributed by atoms with Crippen molar-refractivity contribution in [3.63, 3.8) is 0 Å². The second-order valence-electron chi connectivity index (χ2n) is 9.81. The zero-order chi connectivity index (χ0) is 29.5. The quantitative estimate of drug-likeness (QED) is 0.289. The van der Waals surface area contributed by atoms with Gasteiger partial charge in [0.05, 0.1) is 48.8 Å². The molecule has 6 rings (SSSR count). The highest BCUT2D eigenvalue weighted by molar-refractivity contribution is 9.10. The van der Waals surface area contributed by atoms with Gasteiger partial charge in [-0.2, -0.15) is 0 Å². The summed E-state index contributed by atoms with van der Waals surface area (Å²) in [5, 5.41) is 0. The SMILES string of the molecule is CCOC(=O)C1=C(C)N=c2s/c(=C3\C(=O)N(Cc4ccccc4)c4ccc(Br)cc43)c(=O)n2[C@@H]1c1ccc(OC)cc1. The number of nitrogens with zero attached hydrogens (tertiary/aromatic N) is 3. The van der Waals surface area contributed by atoms with E-state index < -0.39 is 17.6 Å². The van der Waals surface area contributed by atoms with Crippen LogP contribution < -0.4 is 24.5 Å². The molecule has 0 bridgehead atoms. The molecule has 0 saturated carbocycles. The van der Waals surface area contributed by atoms with E-state index in [4.69, 9.17) is 9.47 Å². The molecule has 1 atom stereocenters. The van der Waals surface area contributed by atoms with E-state index in [-0.39, 0.29) is 22.6 Å². The van der Waals surface area contributed by atoms with Gasteiger partial charge in [0.25, 0.3) is 11.5 Å². The molecule has 0 fully saturated rings. The van der Waals surface area contributed by atoms with Crippen molar-refractivity contribution >= 4 is 50.4 Å². The van der Waals surface area contributed by atoms with Crippen LogP contribution in [-0.2, 0) is 20.9 Å². The molecule has 1 amide bonds. The molecular formula is C32H26BrN3O5S. The summed E-state index contributed by atoms with van der Waals surface area (Å²) in [4.78, 5) is 48.4. The monoisotopic (exact) mass is 643 g/mol. The number of methoxy groups -OCH3 is 1. The molecule has 42 heavy (non-hydrogen) atoms. The molecule has 3 aromatic carbocycles. The third kappa shape index (κ3) is 4.70. The predicted molar refractivity (Wildman–Crippen MR) is 164 cm³/mol. The van der Waals surface area contributed by atoms with Gasteiger partial charge in [0.15, 0.2) is 4.80 Å². The molecule has 2 aliphatic rings. The van der Waals surface area contributed by atoms with Crippen molar-refractivity contribution < 1.29 is 19.1 Å². The van der Waals surface area contributed by atoms with Gasteiger partial charge in [-0.05, 0) is 55.3 Å². The summed E-state index contributed by atoms with van der Waals surface area (Å²) in [6, 6.07) is 21.7. The van der Waals surface area contributed by atoms with Gasteiger partial charge in [-0.1, -0.05) is 69.7 Å². The van der Waals surface area contributed by atoms with E-state index in [1.165, 1.54) is 4.57 Å². The highest BCUT2D eigenvalue weighted by atomic mass is 79.9. The molecule has 0 aliphatic carbocycles. The van der Waals surface area contributed by atoms with Crippen molar-refractivity contribution in [3.05, 3.63) is 125 Å². The number of carbonyl (C=O) groups excluding carboxylic acids is 2. The number of anilines is 1. The lowest BCUT2D eigenvalue weighted by atomic mass is 9.96. The Kier molecular flexibility index (Phi) is 7.42. The maximum atomic E-state index is 14.4. The minimum atomic E-state index is -0.792. The minimum Gasteiger partial charge on any atom is -0.497 e. The molecule has 212 valence electrons. The van der Waals surface area contributed by atoms with Gasteiger partial charge in [0.2, 0.25) is 0 Å². The number of ether oxygens (including phenoxy) is 2. The highest BCUT2D eigenvalue weighted by Gasteiger charge is 2.37. The van der Waals surface area contributed by atoms with E-state index in [1.807, 2.05) is 60.7 Å². The van der Waals surface area contributed by atoms with E-state index in [0.717, 1.165) is 27.1 Å².